The summed E-state index contributed by atoms with van der Waals surface area (Å²) < 4.78 is 6.24. The van der Waals surface area contributed by atoms with Gasteiger partial charge in [-0.3, -0.25) is 5.01 Å². The van der Waals surface area contributed by atoms with Crippen LogP contribution in [0.25, 0.3) is 0 Å². The lowest BCUT2D eigenvalue weighted by Crippen LogP contribution is -2.53. The summed E-state index contributed by atoms with van der Waals surface area (Å²) in [5, 5.41) is 13.2. The van der Waals surface area contributed by atoms with Crippen LogP contribution in [0.15, 0.2) is 71.4 Å². The van der Waals surface area contributed by atoms with Gasteiger partial charge in [0.15, 0.2) is 11.6 Å². The van der Waals surface area contributed by atoms with Crippen molar-refractivity contribution >= 4 is 23.0 Å². The quantitative estimate of drug-likeness (QED) is 0.494. The Hall–Kier alpha value is -3.88. The topological polar surface area (TPSA) is 72.7 Å². The van der Waals surface area contributed by atoms with E-state index in [9.17, 15) is 0 Å². The van der Waals surface area contributed by atoms with E-state index in [1.807, 2.05) is 41.4 Å². The molecule has 7 rings (SSSR count). The molecule has 1 saturated carbocycles. The van der Waals surface area contributed by atoms with E-state index in [1.165, 1.54) is 12.8 Å². The molecule has 0 amide bonds. The van der Waals surface area contributed by atoms with Gasteiger partial charge in [-0.15, -0.1) is 0 Å². The molecule has 0 saturated heterocycles. The van der Waals surface area contributed by atoms with Crippen molar-refractivity contribution < 1.29 is 4.74 Å². The molecule has 4 heterocycles. The molecular formula is C24H24N8O. The number of nitrogens with zero attached hydrogens (tertiary/aromatic N) is 8. The minimum atomic E-state index is 0.262. The lowest BCUT2D eigenvalue weighted by atomic mass is 9.89. The van der Waals surface area contributed by atoms with Crippen molar-refractivity contribution in [3.63, 3.8) is 0 Å². The number of rotatable bonds is 0. The molecule has 0 spiro atoms. The number of benzene rings is 2. The van der Waals surface area contributed by atoms with Crippen molar-refractivity contribution in [1.29, 1.82) is 0 Å². The second kappa shape index (κ2) is 7.33. The second-order valence-corrected chi connectivity index (χ2v) is 8.92. The number of hydrogen-bond donors (Lipinski definition) is 0. The molecule has 2 atom stereocenters. The molecule has 0 radical (unpaired) electrons. The van der Waals surface area contributed by atoms with Gasteiger partial charge in [-0.05, 0) is 42.3 Å². The van der Waals surface area contributed by atoms with Gasteiger partial charge in [0.05, 0.1) is 24.4 Å². The molecule has 1 aliphatic carbocycles. The Morgan fingerprint density at radius 1 is 0.758 bits per heavy atom. The molecule has 4 aliphatic rings. The third-order valence-electron chi connectivity index (χ3n) is 6.98. The van der Waals surface area contributed by atoms with Crippen molar-refractivity contribution in [3.05, 3.63) is 60.9 Å². The zero-order chi connectivity index (χ0) is 21.8. The first-order valence-corrected chi connectivity index (χ1v) is 11.5. The Morgan fingerprint density at radius 2 is 1.48 bits per heavy atom. The Labute approximate surface area is 191 Å². The highest BCUT2D eigenvalue weighted by Gasteiger charge is 2.42. The summed E-state index contributed by atoms with van der Waals surface area (Å²) in [4.78, 5) is 14.1. The normalized spacial score (nSPS) is 22.9. The second-order valence-electron chi connectivity index (χ2n) is 8.92. The van der Waals surface area contributed by atoms with Crippen molar-refractivity contribution in [2.75, 3.05) is 28.1 Å². The van der Waals surface area contributed by atoms with Gasteiger partial charge in [-0.2, -0.15) is 0 Å². The van der Waals surface area contributed by atoms with E-state index in [0.717, 1.165) is 47.4 Å². The first-order valence-electron chi connectivity index (χ1n) is 11.5. The standard InChI is InChI=1S/C24H24N8O/c1-2-10-22-21(9-1)30-15-29(23-24(30)26-12-11-25-23)17-5-3-7-19(13-17)33-20-8-4-6-18(14-20)31-16-32(22)28-27-31/h3-8,11-14,21-22H,1-2,9-10,15-16H2. The Balaban J connectivity index is 1.38. The van der Waals surface area contributed by atoms with Crippen molar-refractivity contribution in [2.24, 2.45) is 10.4 Å². The first-order chi connectivity index (χ1) is 16.3. The average molecular weight is 441 g/mol. The summed E-state index contributed by atoms with van der Waals surface area (Å²) in [7, 11) is 0. The Morgan fingerprint density at radius 3 is 2.33 bits per heavy atom. The largest absolute Gasteiger partial charge is 0.457 e. The van der Waals surface area contributed by atoms with Gasteiger partial charge in [0, 0.05) is 30.2 Å². The molecule has 166 valence electrons. The molecule has 1 fully saturated rings. The number of anilines is 4. The summed E-state index contributed by atoms with van der Waals surface area (Å²) in [6.07, 6.45) is 8.14. The maximum atomic E-state index is 6.24. The van der Waals surface area contributed by atoms with Crippen LogP contribution >= 0.6 is 0 Å². The zero-order valence-electron chi connectivity index (χ0n) is 18.2. The average Bonchev–Trinajstić information content (AvgIpc) is 3.50. The molecule has 9 nitrogen and oxygen atoms in total. The fourth-order valence-electron chi connectivity index (χ4n) is 5.43. The van der Waals surface area contributed by atoms with Gasteiger partial charge >= 0.3 is 0 Å². The molecule has 3 aromatic rings. The molecule has 0 N–H and O–H groups in total. The van der Waals surface area contributed by atoms with E-state index in [1.54, 1.807) is 12.4 Å². The summed E-state index contributed by atoms with van der Waals surface area (Å²) in [5.74, 6) is 3.37. The van der Waals surface area contributed by atoms with Crippen LogP contribution in [0, 0.1) is 0 Å². The molecule has 9 heteroatoms. The third kappa shape index (κ3) is 3.06. The van der Waals surface area contributed by atoms with E-state index in [-0.39, 0.29) is 12.1 Å². The van der Waals surface area contributed by atoms with Crippen molar-refractivity contribution in [2.45, 2.75) is 37.8 Å². The number of hydrogen-bond acceptors (Lipinski definition) is 9. The van der Waals surface area contributed by atoms with E-state index in [0.29, 0.717) is 13.3 Å². The minimum absolute atomic E-state index is 0.262. The van der Waals surface area contributed by atoms with Gasteiger partial charge < -0.3 is 14.5 Å². The molecule has 3 aliphatic heterocycles. The van der Waals surface area contributed by atoms with Gasteiger partial charge in [0.2, 0.25) is 0 Å². The summed E-state index contributed by atoms with van der Waals surface area (Å²) in [6.45, 7) is 1.33. The van der Waals surface area contributed by atoms with Crippen LogP contribution in [0.2, 0.25) is 0 Å². The fourth-order valence-corrected chi connectivity index (χ4v) is 5.43. The summed E-state index contributed by atoms with van der Waals surface area (Å²) in [5.41, 5.74) is 2.01. The highest BCUT2D eigenvalue weighted by Crippen LogP contribution is 2.43. The highest BCUT2D eigenvalue weighted by molar-refractivity contribution is 5.77. The van der Waals surface area contributed by atoms with E-state index >= 15 is 0 Å². The van der Waals surface area contributed by atoms with Gasteiger partial charge in [0.1, 0.15) is 18.2 Å². The lowest BCUT2D eigenvalue weighted by molar-refractivity contribution is 0.151. The van der Waals surface area contributed by atoms with Crippen LogP contribution in [0.3, 0.4) is 0 Å². The van der Waals surface area contributed by atoms with E-state index in [4.69, 9.17) is 14.7 Å². The molecule has 2 unspecified atom stereocenters. The molecule has 33 heavy (non-hydrogen) atoms. The summed E-state index contributed by atoms with van der Waals surface area (Å²) in [6, 6.07) is 16.8. The van der Waals surface area contributed by atoms with Crippen LogP contribution in [-0.4, -0.2) is 40.4 Å². The fraction of sp³-hybridized carbons (Fsp3) is 0.333. The smallest absolute Gasteiger partial charge is 0.178 e. The lowest BCUT2D eigenvalue weighted by Gasteiger charge is -2.41. The third-order valence-corrected chi connectivity index (χ3v) is 6.98. The molecule has 1 aromatic heterocycles. The van der Waals surface area contributed by atoms with Gasteiger partial charge in [0.25, 0.3) is 0 Å². The van der Waals surface area contributed by atoms with Crippen molar-refractivity contribution in [1.82, 2.24) is 15.0 Å². The predicted molar refractivity (Wildman–Crippen MR) is 125 cm³/mol. The predicted octanol–water partition coefficient (Wildman–Crippen LogP) is 4.87. The van der Waals surface area contributed by atoms with Crippen LogP contribution < -0.4 is 19.5 Å². The van der Waals surface area contributed by atoms with Gasteiger partial charge in [-0.25, -0.2) is 15.0 Å². The van der Waals surface area contributed by atoms with Crippen LogP contribution in [0.1, 0.15) is 25.7 Å². The van der Waals surface area contributed by atoms with E-state index < -0.39 is 0 Å². The van der Waals surface area contributed by atoms with Crippen LogP contribution in [0.4, 0.5) is 23.0 Å². The summed E-state index contributed by atoms with van der Waals surface area (Å²) >= 11 is 0. The number of ether oxygens (including phenoxy) is 1. The van der Waals surface area contributed by atoms with Crippen LogP contribution in [-0.2, 0) is 0 Å². The van der Waals surface area contributed by atoms with Crippen LogP contribution in [0.5, 0.6) is 11.5 Å². The molecule has 8 bridgehead atoms. The first kappa shape index (κ1) is 18.7. The van der Waals surface area contributed by atoms with Crippen molar-refractivity contribution in [3.8, 4) is 11.5 Å². The highest BCUT2D eigenvalue weighted by atomic mass is 16.5. The molecule has 2 aromatic carbocycles. The maximum absolute atomic E-state index is 6.24. The number of aromatic nitrogens is 2. The minimum Gasteiger partial charge on any atom is -0.457 e. The monoisotopic (exact) mass is 440 g/mol. The Bertz CT molecular complexity index is 1230. The zero-order valence-corrected chi connectivity index (χ0v) is 18.2. The molecular weight excluding hydrogens is 416 g/mol. The maximum Gasteiger partial charge on any atom is 0.178 e. The Kier molecular flexibility index (Phi) is 4.15. The number of fused-ring (bicyclic) bond motifs is 16. The van der Waals surface area contributed by atoms with Gasteiger partial charge in [-0.1, -0.05) is 30.2 Å². The SMILES string of the molecule is c1cc2cc(c1)N1CN(N=N1)C1CCCCC1N1CN(c3cccc(c3)O2)c2nccnc21. The van der Waals surface area contributed by atoms with E-state index in [2.05, 4.69) is 37.4 Å².